The Morgan fingerprint density at radius 3 is 2.29 bits per heavy atom. The number of hydrogen-bond donors (Lipinski definition) is 0. The third-order valence-electron chi connectivity index (χ3n) is 5.42. The van der Waals surface area contributed by atoms with Crippen molar-refractivity contribution in [1.29, 1.82) is 0 Å². The highest BCUT2D eigenvalue weighted by molar-refractivity contribution is 7.89. The maximum Gasteiger partial charge on any atom is 0.243 e. The number of benzene rings is 2. The van der Waals surface area contributed by atoms with Crippen molar-refractivity contribution in [3.8, 4) is 23.0 Å². The molecule has 2 aromatic rings. The number of methoxy groups -OCH3 is 1. The van der Waals surface area contributed by atoms with Crippen LogP contribution < -0.4 is 18.9 Å². The van der Waals surface area contributed by atoms with Gasteiger partial charge in [0.05, 0.1) is 25.2 Å². The number of piperazine rings is 1. The summed E-state index contributed by atoms with van der Waals surface area (Å²) < 4.78 is 49.9. The standard InChI is InChI=1S/C22H28N2O6S/c1-27-18-3-5-19(6-4-18)28-16-13-23-9-11-24(12-10-23)31(25,26)20-7-8-21-22(17-20)30-15-2-14-29-21/h3-8,17H,2,9-16H2,1H3. The number of sulfonamides is 1. The van der Waals surface area contributed by atoms with E-state index < -0.39 is 10.0 Å². The molecule has 4 rings (SSSR count). The van der Waals surface area contributed by atoms with Crippen molar-refractivity contribution in [3.05, 3.63) is 42.5 Å². The zero-order chi connectivity index (χ0) is 21.7. The Balaban J connectivity index is 1.29. The average Bonchev–Trinajstić information content (AvgIpc) is 3.05. The Bertz CT molecular complexity index is 972. The number of fused-ring (bicyclic) bond motifs is 1. The van der Waals surface area contributed by atoms with E-state index in [4.69, 9.17) is 18.9 Å². The highest BCUT2D eigenvalue weighted by atomic mass is 32.2. The number of hydrogen-bond acceptors (Lipinski definition) is 7. The summed E-state index contributed by atoms with van der Waals surface area (Å²) in [5, 5.41) is 0. The highest BCUT2D eigenvalue weighted by Crippen LogP contribution is 2.33. The minimum Gasteiger partial charge on any atom is -0.497 e. The Morgan fingerprint density at radius 1 is 0.903 bits per heavy atom. The van der Waals surface area contributed by atoms with Crippen molar-refractivity contribution < 1.29 is 27.4 Å². The molecule has 2 aliphatic heterocycles. The van der Waals surface area contributed by atoms with Gasteiger partial charge in [0.15, 0.2) is 11.5 Å². The van der Waals surface area contributed by atoms with Gasteiger partial charge in [0.25, 0.3) is 0 Å². The second-order valence-corrected chi connectivity index (χ2v) is 9.37. The van der Waals surface area contributed by atoms with E-state index in [1.807, 2.05) is 24.3 Å². The van der Waals surface area contributed by atoms with Crippen LogP contribution in [0.3, 0.4) is 0 Å². The molecule has 0 N–H and O–H groups in total. The van der Waals surface area contributed by atoms with Gasteiger partial charge in [-0.2, -0.15) is 4.31 Å². The molecule has 0 radical (unpaired) electrons. The molecule has 0 aliphatic carbocycles. The lowest BCUT2D eigenvalue weighted by Crippen LogP contribution is -2.49. The summed E-state index contributed by atoms with van der Waals surface area (Å²) in [6.07, 6.45) is 0.779. The van der Waals surface area contributed by atoms with E-state index in [0.717, 1.165) is 24.5 Å². The first-order valence-corrected chi connectivity index (χ1v) is 11.9. The third kappa shape index (κ3) is 5.23. The first-order valence-electron chi connectivity index (χ1n) is 10.5. The molecule has 0 spiro atoms. The smallest absolute Gasteiger partial charge is 0.243 e. The quantitative estimate of drug-likeness (QED) is 0.643. The molecule has 0 atom stereocenters. The lowest BCUT2D eigenvalue weighted by Gasteiger charge is -2.33. The molecule has 0 bridgehead atoms. The molecule has 2 aliphatic rings. The van der Waals surface area contributed by atoms with Crippen molar-refractivity contribution in [2.75, 3.05) is 59.7 Å². The average molecular weight is 449 g/mol. The van der Waals surface area contributed by atoms with Gasteiger partial charge in [0, 0.05) is 45.2 Å². The molecule has 8 nitrogen and oxygen atoms in total. The molecular weight excluding hydrogens is 420 g/mol. The Hall–Kier alpha value is -2.49. The van der Waals surface area contributed by atoms with Crippen LogP contribution in [-0.4, -0.2) is 77.3 Å². The molecule has 1 fully saturated rings. The van der Waals surface area contributed by atoms with E-state index in [1.165, 1.54) is 4.31 Å². The van der Waals surface area contributed by atoms with Crippen LogP contribution >= 0.6 is 0 Å². The molecule has 168 valence electrons. The van der Waals surface area contributed by atoms with Gasteiger partial charge in [-0.3, -0.25) is 4.90 Å². The van der Waals surface area contributed by atoms with Gasteiger partial charge < -0.3 is 18.9 Å². The van der Waals surface area contributed by atoms with Gasteiger partial charge in [-0.1, -0.05) is 0 Å². The molecule has 2 heterocycles. The van der Waals surface area contributed by atoms with Gasteiger partial charge in [-0.25, -0.2) is 8.42 Å². The van der Waals surface area contributed by atoms with Crippen LogP contribution in [0.25, 0.3) is 0 Å². The molecule has 0 saturated carbocycles. The number of nitrogens with zero attached hydrogens (tertiary/aromatic N) is 2. The van der Waals surface area contributed by atoms with Crippen molar-refractivity contribution in [3.63, 3.8) is 0 Å². The molecule has 0 unspecified atom stereocenters. The molecule has 1 saturated heterocycles. The van der Waals surface area contributed by atoms with Gasteiger partial charge in [-0.05, 0) is 36.4 Å². The third-order valence-corrected chi connectivity index (χ3v) is 7.32. The van der Waals surface area contributed by atoms with Crippen molar-refractivity contribution in [2.24, 2.45) is 0 Å². The molecule has 31 heavy (non-hydrogen) atoms. The largest absolute Gasteiger partial charge is 0.497 e. The maximum atomic E-state index is 13.1. The van der Waals surface area contributed by atoms with E-state index in [9.17, 15) is 8.42 Å². The second-order valence-electron chi connectivity index (χ2n) is 7.43. The summed E-state index contributed by atoms with van der Waals surface area (Å²) in [6.45, 7) is 4.59. The van der Waals surface area contributed by atoms with Crippen LogP contribution in [0.1, 0.15) is 6.42 Å². The van der Waals surface area contributed by atoms with Gasteiger partial charge in [0.2, 0.25) is 10.0 Å². The van der Waals surface area contributed by atoms with Crippen molar-refractivity contribution in [2.45, 2.75) is 11.3 Å². The van der Waals surface area contributed by atoms with Gasteiger partial charge >= 0.3 is 0 Å². The Morgan fingerprint density at radius 2 is 1.58 bits per heavy atom. The van der Waals surface area contributed by atoms with Gasteiger partial charge in [-0.15, -0.1) is 0 Å². The van der Waals surface area contributed by atoms with Crippen LogP contribution in [0, 0.1) is 0 Å². The molecule has 0 amide bonds. The fraction of sp³-hybridized carbons (Fsp3) is 0.455. The zero-order valence-corrected chi connectivity index (χ0v) is 18.5. The fourth-order valence-corrected chi connectivity index (χ4v) is 5.05. The summed E-state index contributed by atoms with van der Waals surface area (Å²) in [5.41, 5.74) is 0. The van der Waals surface area contributed by atoms with Crippen LogP contribution in [0.5, 0.6) is 23.0 Å². The zero-order valence-electron chi connectivity index (χ0n) is 17.7. The molecule has 9 heteroatoms. The van der Waals surface area contributed by atoms with E-state index in [2.05, 4.69) is 4.90 Å². The predicted molar refractivity (Wildman–Crippen MR) is 116 cm³/mol. The lowest BCUT2D eigenvalue weighted by molar-refractivity contribution is 0.159. The number of rotatable bonds is 7. The summed E-state index contributed by atoms with van der Waals surface area (Å²) in [5.74, 6) is 2.67. The lowest BCUT2D eigenvalue weighted by atomic mass is 10.3. The predicted octanol–water partition coefficient (Wildman–Crippen LogP) is 2.24. The first kappa shape index (κ1) is 21.7. The van der Waals surface area contributed by atoms with E-state index in [-0.39, 0.29) is 4.90 Å². The Kier molecular flexibility index (Phi) is 6.84. The monoisotopic (exact) mass is 448 g/mol. The van der Waals surface area contributed by atoms with E-state index >= 15 is 0 Å². The topological polar surface area (TPSA) is 77.5 Å². The van der Waals surface area contributed by atoms with Crippen LogP contribution in [0.4, 0.5) is 0 Å². The Labute approximate surface area is 183 Å². The van der Waals surface area contributed by atoms with E-state index in [1.54, 1.807) is 25.3 Å². The van der Waals surface area contributed by atoms with Crippen molar-refractivity contribution in [1.82, 2.24) is 9.21 Å². The highest BCUT2D eigenvalue weighted by Gasteiger charge is 2.29. The fourth-order valence-electron chi connectivity index (χ4n) is 3.61. The first-order chi connectivity index (χ1) is 15.1. The number of ether oxygens (including phenoxy) is 4. The summed E-state index contributed by atoms with van der Waals surface area (Å²) in [7, 11) is -1.94. The summed E-state index contributed by atoms with van der Waals surface area (Å²) >= 11 is 0. The molecule has 0 aromatic heterocycles. The second kappa shape index (κ2) is 9.76. The minimum absolute atomic E-state index is 0.244. The summed E-state index contributed by atoms with van der Waals surface area (Å²) in [4.78, 5) is 2.46. The maximum absolute atomic E-state index is 13.1. The van der Waals surface area contributed by atoms with Crippen molar-refractivity contribution >= 4 is 10.0 Å². The minimum atomic E-state index is -3.57. The van der Waals surface area contributed by atoms with Gasteiger partial charge in [0.1, 0.15) is 18.1 Å². The summed E-state index contributed by atoms with van der Waals surface area (Å²) in [6, 6.07) is 12.3. The normalized spacial score (nSPS) is 17.7. The van der Waals surface area contributed by atoms with Crippen LogP contribution in [-0.2, 0) is 10.0 Å². The van der Waals surface area contributed by atoms with Crippen LogP contribution in [0.2, 0.25) is 0 Å². The van der Waals surface area contributed by atoms with Crippen LogP contribution in [0.15, 0.2) is 47.4 Å². The van der Waals surface area contributed by atoms with E-state index in [0.29, 0.717) is 57.5 Å². The molecular formula is C22H28N2O6S. The molecule has 2 aromatic carbocycles. The SMILES string of the molecule is COc1ccc(OCCN2CCN(S(=O)(=O)c3ccc4c(c3)OCCCO4)CC2)cc1.